The van der Waals surface area contributed by atoms with Gasteiger partial charge in [0.1, 0.15) is 22.1 Å². The average molecular weight is 780 g/mol. The fourth-order valence-corrected chi connectivity index (χ4v) is 10.8. The third kappa shape index (κ3) is 12.7. The van der Waals surface area contributed by atoms with Crippen molar-refractivity contribution in [2.75, 3.05) is 25.9 Å². The van der Waals surface area contributed by atoms with E-state index in [-0.39, 0.29) is 0 Å². The summed E-state index contributed by atoms with van der Waals surface area (Å²) in [6.45, 7) is 4.30. The highest BCUT2D eigenvalue weighted by Crippen LogP contribution is 2.35. The molecule has 5 aromatic rings. The molecular weight excluding hydrogens is 726 g/mol. The van der Waals surface area contributed by atoms with Crippen molar-refractivity contribution in [1.82, 2.24) is 10.3 Å². The summed E-state index contributed by atoms with van der Waals surface area (Å²) in [5, 5.41) is 8.02. The number of hydrogen-bond donors (Lipinski definition) is 1. The number of rotatable bonds is 20. The smallest absolute Gasteiger partial charge is 0.344 e. The Morgan fingerprint density at radius 2 is 1.43 bits per heavy atom. The Bertz CT molecular complexity index is 1860. The summed E-state index contributed by atoms with van der Waals surface area (Å²) in [6, 6.07) is 30.8. The Hall–Kier alpha value is -3.68. The van der Waals surface area contributed by atoms with Crippen LogP contribution in [0.5, 0.6) is 5.75 Å². The van der Waals surface area contributed by atoms with Gasteiger partial charge in [0.15, 0.2) is 0 Å². The summed E-state index contributed by atoms with van der Waals surface area (Å²) in [6.07, 6.45) is 18.1. The Kier molecular flexibility index (Phi) is 17.9. The molecule has 1 N–H and O–H groups in total. The molecule has 1 aliphatic rings. The summed E-state index contributed by atoms with van der Waals surface area (Å²) in [7, 11) is 0.931. The molecule has 4 aromatic carbocycles. The normalized spacial score (nSPS) is 12.4. The number of nitrogens with one attached hydrogen (secondary N) is 1. The number of unbranched alkanes of at least 4 members (excludes halogenated alkanes) is 11. The molecule has 0 amide bonds. The van der Waals surface area contributed by atoms with Gasteiger partial charge in [0.2, 0.25) is 0 Å². The van der Waals surface area contributed by atoms with E-state index in [2.05, 4.69) is 41.5 Å². The minimum atomic E-state index is -1.11. The number of carbonyl (C=O) groups is 2. The Balaban J connectivity index is 0.000000298. The predicted octanol–water partition coefficient (Wildman–Crippen LogP) is 10.5. The number of fused-ring (bicyclic) bond motifs is 1. The van der Waals surface area contributed by atoms with Gasteiger partial charge >= 0.3 is 5.97 Å². The van der Waals surface area contributed by atoms with Crippen molar-refractivity contribution in [1.29, 1.82) is 0 Å². The zero-order valence-electron chi connectivity index (χ0n) is 31.8. The molecule has 6 rings (SSSR count). The number of ether oxygens (including phenoxy) is 1. The van der Waals surface area contributed by atoms with Crippen LogP contribution in [0.15, 0.2) is 102 Å². The van der Waals surface area contributed by atoms with Gasteiger partial charge in [0.05, 0.1) is 15.8 Å². The van der Waals surface area contributed by atoms with E-state index in [1.165, 1.54) is 83.6 Å². The number of nitrogens with zero attached hydrogens (tertiary/aromatic N) is 2. The van der Waals surface area contributed by atoms with Crippen LogP contribution in [0.3, 0.4) is 0 Å². The van der Waals surface area contributed by atoms with Crippen LogP contribution in [0.2, 0.25) is 0 Å². The number of esters is 1. The van der Waals surface area contributed by atoms with Crippen LogP contribution in [0.1, 0.15) is 110 Å². The first-order chi connectivity index (χ1) is 26.6. The molecule has 0 atom stereocenters. The molecule has 1 aliphatic heterocycles. The van der Waals surface area contributed by atoms with Crippen molar-refractivity contribution in [2.24, 2.45) is 4.99 Å². The molecule has 2 heterocycles. The summed E-state index contributed by atoms with van der Waals surface area (Å²) in [5.41, 5.74) is 1.81. The molecule has 0 spiro atoms. The average Bonchev–Trinajstić information content (AvgIpc) is 3.90. The number of aldehydes is 1. The number of thiazole rings is 1. The molecule has 6 nitrogen and oxygen atoms in total. The molecule has 0 radical (unpaired) electrons. The van der Waals surface area contributed by atoms with Gasteiger partial charge in [0, 0.05) is 29.2 Å². The van der Waals surface area contributed by atoms with Crippen LogP contribution in [0.4, 0.5) is 0 Å². The predicted molar refractivity (Wildman–Crippen MR) is 234 cm³/mol. The van der Waals surface area contributed by atoms with Gasteiger partial charge in [-0.25, -0.2) is 9.78 Å². The molecule has 0 bridgehead atoms. The van der Waals surface area contributed by atoms with Gasteiger partial charge in [0.25, 0.3) is 0 Å². The topological polar surface area (TPSA) is 80.7 Å². The second kappa shape index (κ2) is 23.3. The van der Waals surface area contributed by atoms with Crippen molar-refractivity contribution in [3.05, 3.63) is 113 Å². The van der Waals surface area contributed by atoms with E-state index in [4.69, 9.17) is 9.72 Å². The highest BCUT2D eigenvalue weighted by Gasteiger charge is 2.25. The Labute approximate surface area is 331 Å². The number of carbonyl (C=O) groups excluding carboxylic acids is 2. The summed E-state index contributed by atoms with van der Waals surface area (Å²) < 4.78 is 6.84. The van der Waals surface area contributed by atoms with E-state index in [9.17, 15) is 9.59 Å². The lowest BCUT2D eigenvalue weighted by atomic mass is 10.1. The third-order valence-corrected chi connectivity index (χ3v) is 13.9. The van der Waals surface area contributed by atoms with Crippen LogP contribution < -0.4 is 26.0 Å². The molecular formula is C45H54N3O3PS2. The monoisotopic (exact) mass is 779 g/mol. The maximum absolute atomic E-state index is 13.6. The van der Waals surface area contributed by atoms with Gasteiger partial charge in [-0.15, -0.1) is 23.1 Å². The fourth-order valence-electron chi connectivity index (χ4n) is 6.39. The minimum Gasteiger partial charge on any atom is -0.423 e. The second-order valence-electron chi connectivity index (χ2n) is 13.5. The molecule has 0 saturated carbocycles. The molecule has 1 aromatic heterocycles. The molecule has 284 valence electrons. The number of hydrogen-bond acceptors (Lipinski definition) is 8. The third-order valence-electron chi connectivity index (χ3n) is 9.27. The molecule has 0 unspecified atom stereocenters. The van der Waals surface area contributed by atoms with Crippen molar-refractivity contribution in [3.63, 3.8) is 0 Å². The maximum atomic E-state index is 13.6. The van der Waals surface area contributed by atoms with Crippen LogP contribution in [-0.2, 0) is 0 Å². The highest BCUT2D eigenvalue weighted by atomic mass is 32.2. The quantitative estimate of drug-likeness (QED) is 0.0279. The van der Waals surface area contributed by atoms with Gasteiger partial charge < -0.3 is 10.1 Å². The maximum Gasteiger partial charge on any atom is 0.344 e. The lowest BCUT2D eigenvalue weighted by molar-refractivity contribution is 0.0736. The van der Waals surface area contributed by atoms with Crippen LogP contribution in [0.25, 0.3) is 10.2 Å². The van der Waals surface area contributed by atoms with Crippen molar-refractivity contribution >= 4 is 74.4 Å². The number of aromatic nitrogens is 1. The van der Waals surface area contributed by atoms with E-state index in [0.29, 0.717) is 16.9 Å². The molecule has 9 heteroatoms. The standard InChI is InChI=1S/C30H21N2O3PS2.C15H33N/c33-19-20-11-13-24(26(17-20)36(22-7-3-1-4-8-22)23-9-5-2-6-10-23)30(34)35-21-12-14-25-27(18-21)38-29(32-25)28-31-15-16-37-28;1-3-4-5-6-7-8-9-10-11-12-13-14-15-16-2/h1-14,17-19H,15-16H2;16H,3-15H2,1-2H3. The molecule has 0 aliphatic carbocycles. The van der Waals surface area contributed by atoms with E-state index in [1.54, 1.807) is 41.3 Å². The van der Waals surface area contributed by atoms with E-state index in [0.717, 1.165) is 54.8 Å². The lowest BCUT2D eigenvalue weighted by Crippen LogP contribution is -2.27. The van der Waals surface area contributed by atoms with Crippen LogP contribution in [0, 0.1) is 0 Å². The number of aliphatic imine (C=N–C) groups is 1. The van der Waals surface area contributed by atoms with Gasteiger partial charge in [-0.3, -0.25) is 9.79 Å². The largest absolute Gasteiger partial charge is 0.423 e. The zero-order valence-corrected chi connectivity index (χ0v) is 34.3. The van der Waals surface area contributed by atoms with E-state index in [1.807, 2.05) is 61.6 Å². The zero-order chi connectivity index (χ0) is 37.8. The Morgan fingerprint density at radius 1 is 0.796 bits per heavy atom. The Morgan fingerprint density at radius 3 is 2.00 bits per heavy atom. The summed E-state index contributed by atoms with van der Waals surface area (Å²) in [4.78, 5) is 34.6. The van der Waals surface area contributed by atoms with E-state index >= 15 is 0 Å². The molecule has 54 heavy (non-hydrogen) atoms. The number of thioether (sulfide) groups is 1. The van der Waals surface area contributed by atoms with Gasteiger partial charge in [-0.1, -0.05) is 144 Å². The second-order valence-corrected chi connectivity index (χ2v) is 17.8. The van der Waals surface area contributed by atoms with Crippen molar-refractivity contribution in [3.8, 4) is 5.75 Å². The van der Waals surface area contributed by atoms with Crippen molar-refractivity contribution < 1.29 is 14.3 Å². The number of benzene rings is 4. The van der Waals surface area contributed by atoms with Gasteiger partial charge in [-0.05, 0) is 62.8 Å². The lowest BCUT2D eigenvalue weighted by Gasteiger charge is -2.22. The minimum absolute atomic E-state index is 0.441. The molecule has 0 fully saturated rings. The molecule has 0 saturated heterocycles. The van der Waals surface area contributed by atoms with Crippen LogP contribution in [-0.4, -0.2) is 48.2 Å². The van der Waals surface area contributed by atoms with Crippen LogP contribution >= 0.6 is 31.0 Å². The first kappa shape index (κ1) is 41.5. The summed E-state index contributed by atoms with van der Waals surface area (Å²) >= 11 is 3.27. The first-order valence-corrected chi connectivity index (χ1v) is 22.7. The summed E-state index contributed by atoms with van der Waals surface area (Å²) in [5.74, 6) is 0.970. The van der Waals surface area contributed by atoms with Crippen molar-refractivity contribution in [2.45, 2.75) is 84.0 Å². The highest BCUT2D eigenvalue weighted by molar-refractivity contribution is 8.15. The first-order valence-electron chi connectivity index (χ1n) is 19.6. The van der Waals surface area contributed by atoms with E-state index < -0.39 is 13.9 Å². The fraction of sp³-hybridized carbons (Fsp3) is 0.378. The SMILES string of the molecule is CCCCCCCCCCCCCCNC.O=Cc1ccc(C(=O)Oc2ccc3nc(C4=NCCS4)sc3c2)c(P(c2ccccc2)c2ccccc2)c1. The van der Waals surface area contributed by atoms with Gasteiger partial charge in [-0.2, -0.15) is 0 Å².